The molecule has 0 unspecified atom stereocenters. The maximum absolute atomic E-state index is 5.89. The Morgan fingerprint density at radius 1 is 1.38 bits per heavy atom. The Morgan fingerprint density at radius 2 is 2.12 bits per heavy atom. The Morgan fingerprint density at radius 3 is 2.75 bits per heavy atom. The van der Waals surface area contributed by atoms with Crippen LogP contribution in [0, 0.1) is 5.92 Å². The first kappa shape index (κ1) is 13.3. The highest BCUT2D eigenvalue weighted by molar-refractivity contribution is 5.79. The van der Waals surface area contributed by atoms with Crippen molar-refractivity contribution in [3.05, 3.63) is 0 Å². The normalized spacial score (nSPS) is 26.6. The fraction of sp³-hybridized carbons (Fsp3) is 0.917. The summed E-state index contributed by atoms with van der Waals surface area (Å²) in [7, 11) is 3.63. The summed E-state index contributed by atoms with van der Waals surface area (Å²) in [6.07, 6.45) is 5.69. The van der Waals surface area contributed by atoms with Gasteiger partial charge in [-0.05, 0) is 18.8 Å². The van der Waals surface area contributed by atoms with Crippen molar-refractivity contribution in [2.45, 2.75) is 38.7 Å². The quantitative estimate of drug-likeness (QED) is 0.433. The summed E-state index contributed by atoms with van der Waals surface area (Å²) >= 11 is 0. The Balaban J connectivity index is 2.10. The van der Waals surface area contributed by atoms with Gasteiger partial charge in [0.2, 0.25) is 0 Å². The first-order valence-corrected chi connectivity index (χ1v) is 6.28. The van der Waals surface area contributed by atoms with Gasteiger partial charge in [-0.2, -0.15) is 0 Å². The van der Waals surface area contributed by atoms with E-state index < -0.39 is 0 Å². The number of aliphatic imine (C=N–C) groups is 1. The lowest BCUT2D eigenvalue weighted by atomic mass is 9.88. The Hall–Kier alpha value is -0.770. The Kier molecular flexibility index (Phi) is 6.23. The molecule has 0 aromatic rings. The minimum absolute atomic E-state index is 0.465. The minimum Gasteiger partial charge on any atom is -0.376 e. The zero-order valence-electron chi connectivity index (χ0n) is 10.8. The van der Waals surface area contributed by atoms with Gasteiger partial charge < -0.3 is 15.4 Å². The molecule has 0 radical (unpaired) electrons. The third kappa shape index (κ3) is 4.39. The van der Waals surface area contributed by atoms with Crippen molar-refractivity contribution in [3.63, 3.8) is 0 Å². The van der Waals surface area contributed by atoms with E-state index >= 15 is 0 Å². The lowest BCUT2D eigenvalue weighted by Gasteiger charge is -2.28. The lowest BCUT2D eigenvalue weighted by Crippen LogP contribution is -2.37. The molecular weight excluding hydrogens is 202 g/mol. The molecule has 0 aliphatic heterocycles. The molecule has 0 saturated heterocycles. The summed E-state index contributed by atoms with van der Waals surface area (Å²) in [5.41, 5.74) is 0. The van der Waals surface area contributed by atoms with Crippen molar-refractivity contribution in [2.75, 3.05) is 27.2 Å². The van der Waals surface area contributed by atoms with Crippen molar-refractivity contribution in [1.29, 1.82) is 0 Å². The van der Waals surface area contributed by atoms with Crippen LogP contribution in [0.15, 0.2) is 4.99 Å². The Bertz CT molecular complexity index is 218. The van der Waals surface area contributed by atoms with Gasteiger partial charge in [0.1, 0.15) is 0 Å². The maximum atomic E-state index is 5.89. The number of guanidine groups is 1. The van der Waals surface area contributed by atoms with E-state index in [-0.39, 0.29) is 0 Å². The van der Waals surface area contributed by atoms with Crippen LogP contribution in [0.25, 0.3) is 0 Å². The average Bonchev–Trinajstić information content (AvgIpc) is 2.31. The summed E-state index contributed by atoms with van der Waals surface area (Å²) in [4.78, 5) is 4.04. The van der Waals surface area contributed by atoms with E-state index in [9.17, 15) is 0 Å². The maximum Gasteiger partial charge on any atom is 0.190 e. The van der Waals surface area contributed by atoms with Crippen LogP contribution in [-0.2, 0) is 4.74 Å². The van der Waals surface area contributed by atoms with Gasteiger partial charge in [0.05, 0.1) is 12.7 Å². The van der Waals surface area contributed by atoms with Gasteiger partial charge in [-0.3, -0.25) is 4.99 Å². The zero-order valence-corrected chi connectivity index (χ0v) is 10.8. The summed E-state index contributed by atoms with van der Waals surface area (Å²) in [6.45, 7) is 3.87. The van der Waals surface area contributed by atoms with Crippen LogP contribution < -0.4 is 10.6 Å². The fourth-order valence-corrected chi connectivity index (χ4v) is 2.19. The highest BCUT2D eigenvalue weighted by Crippen LogP contribution is 2.25. The van der Waals surface area contributed by atoms with Crippen molar-refractivity contribution in [3.8, 4) is 0 Å². The van der Waals surface area contributed by atoms with Gasteiger partial charge >= 0.3 is 0 Å². The van der Waals surface area contributed by atoms with Crippen molar-refractivity contribution in [2.24, 2.45) is 10.9 Å². The molecule has 1 fully saturated rings. The van der Waals surface area contributed by atoms with Gasteiger partial charge in [0.15, 0.2) is 5.96 Å². The van der Waals surface area contributed by atoms with E-state index in [4.69, 9.17) is 4.74 Å². The Labute approximate surface area is 98.9 Å². The van der Waals surface area contributed by atoms with E-state index in [2.05, 4.69) is 22.5 Å². The summed E-state index contributed by atoms with van der Waals surface area (Å²) in [6, 6.07) is 0. The highest BCUT2D eigenvalue weighted by Gasteiger charge is 2.21. The van der Waals surface area contributed by atoms with Crippen LogP contribution in [-0.4, -0.2) is 39.3 Å². The van der Waals surface area contributed by atoms with Crippen LogP contribution in [0.2, 0.25) is 0 Å². The summed E-state index contributed by atoms with van der Waals surface area (Å²) in [5.74, 6) is 1.54. The second kappa shape index (κ2) is 7.49. The van der Waals surface area contributed by atoms with Crippen molar-refractivity contribution < 1.29 is 4.74 Å². The third-order valence-corrected chi connectivity index (χ3v) is 3.22. The van der Waals surface area contributed by atoms with Gasteiger partial charge in [-0.15, -0.1) is 0 Å². The second-order valence-electron chi connectivity index (χ2n) is 4.42. The predicted octanol–water partition coefficient (Wildman–Crippen LogP) is 1.38. The first-order chi connectivity index (χ1) is 7.77. The fourth-order valence-electron chi connectivity index (χ4n) is 2.19. The van der Waals surface area contributed by atoms with Gasteiger partial charge in [-0.25, -0.2) is 0 Å². The average molecular weight is 227 g/mol. The molecule has 1 aliphatic rings. The number of rotatable bonds is 4. The van der Waals surface area contributed by atoms with Crippen LogP contribution in [0.3, 0.4) is 0 Å². The first-order valence-electron chi connectivity index (χ1n) is 6.28. The molecule has 1 aliphatic carbocycles. The molecule has 4 heteroatoms. The standard InChI is InChI=1S/C12H25N3O/c1-10-6-4-5-7-11(10)16-9-8-15-12(13-2)14-3/h10-11H,4-9H2,1-3H3,(H2,13,14,15)/t10-,11-/m0/s1. The summed E-state index contributed by atoms with van der Waals surface area (Å²) < 4.78 is 5.89. The molecule has 94 valence electrons. The largest absolute Gasteiger partial charge is 0.376 e. The highest BCUT2D eigenvalue weighted by atomic mass is 16.5. The predicted molar refractivity (Wildman–Crippen MR) is 67.8 cm³/mol. The monoisotopic (exact) mass is 227 g/mol. The molecular formula is C12H25N3O. The van der Waals surface area contributed by atoms with Crippen LogP contribution in [0.1, 0.15) is 32.6 Å². The van der Waals surface area contributed by atoms with E-state index in [1.165, 1.54) is 25.7 Å². The zero-order chi connectivity index (χ0) is 11.8. The number of hydrogen-bond acceptors (Lipinski definition) is 2. The molecule has 1 saturated carbocycles. The SMILES string of the molecule is CN=C(NC)NCCO[C@H]1CCCC[C@@H]1C. The molecule has 0 aromatic heterocycles. The molecule has 0 bridgehead atoms. The number of nitrogens with zero attached hydrogens (tertiary/aromatic N) is 1. The molecule has 4 nitrogen and oxygen atoms in total. The third-order valence-electron chi connectivity index (χ3n) is 3.22. The molecule has 0 heterocycles. The smallest absolute Gasteiger partial charge is 0.190 e. The van der Waals surface area contributed by atoms with Gasteiger partial charge in [0.25, 0.3) is 0 Å². The molecule has 0 amide bonds. The van der Waals surface area contributed by atoms with E-state index in [0.29, 0.717) is 6.10 Å². The molecule has 16 heavy (non-hydrogen) atoms. The second-order valence-corrected chi connectivity index (χ2v) is 4.42. The lowest BCUT2D eigenvalue weighted by molar-refractivity contribution is -0.00202. The van der Waals surface area contributed by atoms with Crippen molar-refractivity contribution in [1.82, 2.24) is 10.6 Å². The molecule has 2 atom stereocenters. The van der Waals surface area contributed by atoms with Crippen LogP contribution in [0.4, 0.5) is 0 Å². The minimum atomic E-state index is 0.465. The van der Waals surface area contributed by atoms with Crippen LogP contribution in [0.5, 0.6) is 0 Å². The number of ether oxygens (including phenoxy) is 1. The molecule has 2 N–H and O–H groups in total. The molecule has 1 rings (SSSR count). The summed E-state index contributed by atoms with van der Waals surface area (Å²) in [5, 5.41) is 6.17. The topological polar surface area (TPSA) is 45.7 Å². The van der Waals surface area contributed by atoms with E-state index in [0.717, 1.165) is 25.0 Å². The number of hydrogen-bond donors (Lipinski definition) is 2. The van der Waals surface area contributed by atoms with Crippen molar-refractivity contribution >= 4 is 5.96 Å². The molecule has 0 spiro atoms. The van der Waals surface area contributed by atoms with E-state index in [1.54, 1.807) is 7.05 Å². The molecule has 0 aromatic carbocycles. The van der Waals surface area contributed by atoms with Crippen LogP contribution >= 0.6 is 0 Å². The van der Waals surface area contributed by atoms with Gasteiger partial charge in [0, 0.05) is 20.6 Å². The van der Waals surface area contributed by atoms with E-state index in [1.807, 2.05) is 7.05 Å². The van der Waals surface area contributed by atoms with Gasteiger partial charge in [-0.1, -0.05) is 19.8 Å². The number of nitrogens with one attached hydrogen (secondary N) is 2.